The second-order valence-electron chi connectivity index (χ2n) is 6.65. The second-order valence-corrected chi connectivity index (χ2v) is 6.65. The van der Waals surface area contributed by atoms with E-state index in [0.717, 1.165) is 25.9 Å². The average molecular weight is 315 g/mol. The van der Waals surface area contributed by atoms with Crippen molar-refractivity contribution in [3.63, 3.8) is 0 Å². The predicted molar refractivity (Wildman–Crippen MR) is 84.8 cm³/mol. The third kappa shape index (κ3) is 2.45. The molecule has 122 valence electrons. The maximum atomic E-state index is 12.4. The summed E-state index contributed by atoms with van der Waals surface area (Å²) in [6, 6.07) is 5.64. The third-order valence-corrected chi connectivity index (χ3v) is 5.29. The molecule has 0 aromatic carbocycles. The van der Waals surface area contributed by atoms with E-state index in [0.29, 0.717) is 30.4 Å². The lowest BCUT2D eigenvalue weighted by Gasteiger charge is -2.18. The van der Waals surface area contributed by atoms with Crippen molar-refractivity contribution in [1.29, 1.82) is 0 Å². The molecular weight excluding hydrogens is 294 g/mol. The van der Waals surface area contributed by atoms with Gasteiger partial charge in [-0.3, -0.25) is 9.20 Å². The Morgan fingerprint density at radius 1 is 1.30 bits per heavy atom. The molecule has 2 N–H and O–H groups in total. The zero-order valence-corrected chi connectivity index (χ0v) is 13.0. The van der Waals surface area contributed by atoms with Crippen molar-refractivity contribution in [3.8, 4) is 0 Å². The standard InChI is InChI=1S/C16H21N5O2/c17-13-5-4-11-9-19(10-12(11)13)15(22)6-8-21-16(23)20-7-2-1-3-14(20)18-21/h1-3,7,11-13H,4-6,8-10,17H2. The van der Waals surface area contributed by atoms with Crippen LogP contribution in [0.5, 0.6) is 0 Å². The van der Waals surface area contributed by atoms with Gasteiger partial charge in [0, 0.05) is 31.7 Å². The molecule has 2 aromatic heterocycles. The van der Waals surface area contributed by atoms with Crippen LogP contribution in [0.4, 0.5) is 0 Å². The number of hydrogen-bond donors (Lipinski definition) is 1. The van der Waals surface area contributed by atoms with Crippen LogP contribution in [0.2, 0.25) is 0 Å². The van der Waals surface area contributed by atoms with E-state index in [2.05, 4.69) is 5.10 Å². The minimum absolute atomic E-state index is 0.0931. The predicted octanol–water partition coefficient (Wildman–Crippen LogP) is 0.0818. The molecule has 3 unspecified atom stereocenters. The molecule has 0 bridgehead atoms. The SMILES string of the molecule is NC1CCC2CN(C(=O)CCn3nc4ccccn4c3=O)CC12. The Bertz CT molecular complexity index is 795. The molecule has 0 spiro atoms. The topological polar surface area (TPSA) is 85.6 Å². The van der Waals surface area contributed by atoms with E-state index in [1.54, 1.807) is 18.3 Å². The summed E-state index contributed by atoms with van der Waals surface area (Å²) in [5.41, 5.74) is 6.52. The molecule has 3 heterocycles. The molecule has 2 fully saturated rings. The maximum absolute atomic E-state index is 12.4. The van der Waals surface area contributed by atoms with Crippen LogP contribution in [0.25, 0.3) is 5.65 Å². The minimum Gasteiger partial charge on any atom is -0.342 e. The highest BCUT2D eigenvalue weighted by atomic mass is 16.2. The first kappa shape index (κ1) is 14.4. The van der Waals surface area contributed by atoms with Gasteiger partial charge in [0.2, 0.25) is 5.91 Å². The van der Waals surface area contributed by atoms with E-state index < -0.39 is 0 Å². The number of aromatic nitrogens is 3. The third-order valence-electron chi connectivity index (χ3n) is 5.29. The fraction of sp³-hybridized carbons (Fsp3) is 0.562. The molecule has 3 atom stereocenters. The molecular formula is C16H21N5O2. The van der Waals surface area contributed by atoms with Gasteiger partial charge in [-0.25, -0.2) is 9.48 Å². The van der Waals surface area contributed by atoms with E-state index in [1.165, 1.54) is 9.08 Å². The molecule has 7 heteroatoms. The summed E-state index contributed by atoms with van der Waals surface area (Å²) in [6.45, 7) is 1.90. The summed E-state index contributed by atoms with van der Waals surface area (Å²) in [4.78, 5) is 26.5. The normalized spacial score (nSPS) is 26.8. The number of nitrogens with two attached hydrogens (primary N) is 1. The average Bonchev–Trinajstić information content (AvgIpc) is 3.21. The second kappa shape index (κ2) is 5.49. The van der Waals surface area contributed by atoms with Gasteiger partial charge in [-0.1, -0.05) is 6.07 Å². The first-order chi connectivity index (χ1) is 11.1. The summed E-state index contributed by atoms with van der Waals surface area (Å²) in [7, 11) is 0. The number of fused-ring (bicyclic) bond motifs is 2. The molecule has 4 rings (SSSR count). The Labute approximate surface area is 133 Å². The Kier molecular flexibility index (Phi) is 3.45. The van der Waals surface area contributed by atoms with Crippen molar-refractivity contribution < 1.29 is 4.79 Å². The first-order valence-electron chi connectivity index (χ1n) is 8.21. The van der Waals surface area contributed by atoms with Gasteiger partial charge in [0.1, 0.15) is 0 Å². The molecule has 23 heavy (non-hydrogen) atoms. The van der Waals surface area contributed by atoms with E-state index in [1.807, 2.05) is 11.0 Å². The molecule has 1 aliphatic heterocycles. The maximum Gasteiger partial charge on any atom is 0.350 e. The smallest absolute Gasteiger partial charge is 0.342 e. The van der Waals surface area contributed by atoms with Crippen LogP contribution in [-0.4, -0.2) is 44.1 Å². The Morgan fingerprint density at radius 2 is 2.17 bits per heavy atom. The van der Waals surface area contributed by atoms with E-state index in [-0.39, 0.29) is 17.6 Å². The van der Waals surface area contributed by atoms with E-state index in [9.17, 15) is 9.59 Å². The zero-order valence-electron chi connectivity index (χ0n) is 13.0. The highest BCUT2D eigenvalue weighted by molar-refractivity contribution is 5.76. The largest absolute Gasteiger partial charge is 0.350 e. The minimum atomic E-state index is -0.200. The van der Waals surface area contributed by atoms with Crippen molar-refractivity contribution >= 4 is 11.6 Å². The first-order valence-corrected chi connectivity index (χ1v) is 8.21. The van der Waals surface area contributed by atoms with Crippen molar-refractivity contribution in [2.45, 2.75) is 31.8 Å². The van der Waals surface area contributed by atoms with Gasteiger partial charge in [-0.2, -0.15) is 0 Å². The summed E-state index contributed by atoms with van der Waals surface area (Å²) in [6.07, 6.45) is 4.19. The highest BCUT2D eigenvalue weighted by Gasteiger charge is 2.42. The Morgan fingerprint density at radius 3 is 2.96 bits per heavy atom. The lowest BCUT2D eigenvalue weighted by Crippen LogP contribution is -2.34. The van der Waals surface area contributed by atoms with Crippen molar-refractivity contribution in [2.75, 3.05) is 13.1 Å². The number of nitrogens with zero attached hydrogens (tertiary/aromatic N) is 4. The van der Waals surface area contributed by atoms with Gasteiger partial charge in [-0.15, -0.1) is 5.10 Å². The van der Waals surface area contributed by atoms with Crippen LogP contribution in [-0.2, 0) is 11.3 Å². The fourth-order valence-corrected chi connectivity index (χ4v) is 3.98. The number of carbonyl (C=O) groups excluding carboxylic acids is 1. The number of amides is 1. The number of aryl methyl sites for hydroxylation is 1. The fourth-order valence-electron chi connectivity index (χ4n) is 3.98. The molecule has 1 amide bonds. The number of likely N-dealkylation sites (tertiary alicyclic amines) is 1. The lowest BCUT2D eigenvalue weighted by atomic mass is 9.98. The number of carbonyl (C=O) groups is 1. The van der Waals surface area contributed by atoms with Crippen LogP contribution in [0.1, 0.15) is 19.3 Å². The molecule has 0 radical (unpaired) electrons. The van der Waals surface area contributed by atoms with Crippen LogP contribution >= 0.6 is 0 Å². The lowest BCUT2D eigenvalue weighted by molar-refractivity contribution is -0.130. The summed E-state index contributed by atoms with van der Waals surface area (Å²) < 4.78 is 2.86. The van der Waals surface area contributed by atoms with Gasteiger partial charge in [0.05, 0.1) is 6.54 Å². The van der Waals surface area contributed by atoms with Crippen LogP contribution in [0.3, 0.4) is 0 Å². The zero-order chi connectivity index (χ0) is 16.0. The quantitative estimate of drug-likeness (QED) is 0.869. The summed E-state index contributed by atoms with van der Waals surface area (Å²) >= 11 is 0. The van der Waals surface area contributed by atoms with Crippen LogP contribution in [0.15, 0.2) is 29.2 Å². The molecule has 1 saturated heterocycles. The van der Waals surface area contributed by atoms with E-state index >= 15 is 0 Å². The molecule has 1 saturated carbocycles. The summed E-state index contributed by atoms with van der Waals surface area (Å²) in [5, 5.41) is 4.26. The van der Waals surface area contributed by atoms with Gasteiger partial charge in [-0.05, 0) is 36.8 Å². The Balaban J connectivity index is 1.42. The van der Waals surface area contributed by atoms with E-state index in [4.69, 9.17) is 5.73 Å². The van der Waals surface area contributed by atoms with Crippen LogP contribution in [0, 0.1) is 11.8 Å². The van der Waals surface area contributed by atoms with Crippen molar-refractivity contribution in [1.82, 2.24) is 19.1 Å². The van der Waals surface area contributed by atoms with Gasteiger partial charge in [0.25, 0.3) is 0 Å². The van der Waals surface area contributed by atoms with Crippen LogP contribution < -0.4 is 11.4 Å². The number of pyridine rings is 1. The number of rotatable bonds is 3. The summed E-state index contributed by atoms with van der Waals surface area (Å²) in [5.74, 6) is 1.11. The Hall–Kier alpha value is -2.15. The van der Waals surface area contributed by atoms with Crippen molar-refractivity contribution in [3.05, 3.63) is 34.9 Å². The van der Waals surface area contributed by atoms with Crippen molar-refractivity contribution in [2.24, 2.45) is 17.6 Å². The highest BCUT2D eigenvalue weighted by Crippen LogP contribution is 2.37. The molecule has 7 nitrogen and oxygen atoms in total. The van der Waals surface area contributed by atoms with Gasteiger partial charge >= 0.3 is 5.69 Å². The number of hydrogen-bond acceptors (Lipinski definition) is 4. The molecule has 1 aliphatic carbocycles. The monoisotopic (exact) mass is 315 g/mol. The van der Waals surface area contributed by atoms with Gasteiger partial charge in [0.15, 0.2) is 5.65 Å². The van der Waals surface area contributed by atoms with Gasteiger partial charge < -0.3 is 10.6 Å². The molecule has 2 aliphatic rings. The molecule has 2 aromatic rings.